The Bertz CT molecular complexity index is 1010. The van der Waals surface area contributed by atoms with Crippen LogP contribution < -0.4 is 0 Å². The van der Waals surface area contributed by atoms with E-state index < -0.39 is 0 Å². The maximum absolute atomic E-state index is 13.3. The van der Waals surface area contributed by atoms with E-state index in [-0.39, 0.29) is 29.2 Å². The fourth-order valence-corrected chi connectivity index (χ4v) is 7.40. The van der Waals surface area contributed by atoms with Gasteiger partial charge in [-0.1, -0.05) is 19.8 Å². The van der Waals surface area contributed by atoms with Gasteiger partial charge in [0.15, 0.2) is 0 Å². The van der Waals surface area contributed by atoms with E-state index in [0.29, 0.717) is 11.5 Å². The Kier molecular flexibility index (Phi) is 8.48. The normalized spacial score (nSPS) is 26.1. The lowest BCUT2D eigenvalue weighted by molar-refractivity contribution is -0.141. The minimum absolute atomic E-state index is 0.0430. The van der Waals surface area contributed by atoms with Crippen molar-refractivity contribution >= 4 is 12.0 Å². The molecule has 39 heavy (non-hydrogen) atoms. The number of rotatable bonds is 6. The first-order chi connectivity index (χ1) is 18.8. The Labute approximate surface area is 233 Å². The summed E-state index contributed by atoms with van der Waals surface area (Å²) >= 11 is 0. The van der Waals surface area contributed by atoms with Crippen LogP contribution in [0.5, 0.6) is 0 Å². The molecule has 1 aromatic rings. The van der Waals surface area contributed by atoms with Crippen LogP contribution in [0, 0.1) is 19.8 Å². The number of carbonyl (C=O) groups is 2. The van der Waals surface area contributed by atoms with Gasteiger partial charge in [0.05, 0.1) is 17.0 Å². The number of ether oxygens (including phenoxy) is 2. The van der Waals surface area contributed by atoms with Gasteiger partial charge >= 0.3 is 6.09 Å². The van der Waals surface area contributed by atoms with E-state index in [0.717, 1.165) is 109 Å². The molecule has 4 aliphatic heterocycles. The summed E-state index contributed by atoms with van der Waals surface area (Å²) in [7, 11) is 0. The van der Waals surface area contributed by atoms with Crippen LogP contribution in [0.3, 0.4) is 0 Å². The highest BCUT2D eigenvalue weighted by Crippen LogP contribution is 2.44. The molecule has 1 spiro atoms. The Balaban J connectivity index is 1.21. The molecule has 0 N–H and O–H groups in total. The summed E-state index contributed by atoms with van der Waals surface area (Å²) in [4.78, 5) is 41.7. The minimum atomic E-state index is -0.347. The zero-order valence-corrected chi connectivity index (χ0v) is 24.4. The van der Waals surface area contributed by atoms with Crippen molar-refractivity contribution in [3.05, 3.63) is 23.3 Å². The third kappa shape index (κ3) is 5.67. The number of hydrogen-bond donors (Lipinski definition) is 0. The number of likely N-dealkylation sites (tertiary alicyclic amines) is 2. The van der Waals surface area contributed by atoms with Gasteiger partial charge in [-0.15, -0.1) is 0 Å². The van der Waals surface area contributed by atoms with Gasteiger partial charge in [0.1, 0.15) is 11.9 Å². The largest absolute Gasteiger partial charge is 0.442 e. The second kappa shape index (κ2) is 11.7. The van der Waals surface area contributed by atoms with Gasteiger partial charge in [-0.05, 0) is 52.9 Å². The maximum Gasteiger partial charge on any atom is 0.410 e. The Morgan fingerprint density at radius 3 is 2.28 bits per heavy atom. The highest BCUT2D eigenvalue weighted by Gasteiger charge is 2.52. The SMILES string of the molecule is CCCC[C@H]1CN(C2CCOCC2)C(=O)OC12CCN(C1(C)CCN(C(=O)c3c(C)ncnc3C)CC1)CC2. The summed E-state index contributed by atoms with van der Waals surface area (Å²) in [6, 6.07) is 0.245. The zero-order chi connectivity index (χ0) is 27.6. The fourth-order valence-electron chi connectivity index (χ4n) is 7.40. The number of hydrogen-bond acceptors (Lipinski definition) is 7. The van der Waals surface area contributed by atoms with E-state index in [4.69, 9.17) is 9.47 Å². The van der Waals surface area contributed by atoms with E-state index in [1.54, 1.807) is 0 Å². The molecule has 0 unspecified atom stereocenters. The number of unbranched alkanes of at least 4 members (excludes halogenated alkanes) is 1. The van der Waals surface area contributed by atoms with Gasteiger partial charge in [0.25, 0.3) is 5.91 Å². The van der Waals surface area contributed by atoms with Crippen molar-refractivity contribution in [2.75, 3.05) is 45.9 Å². The average Bonchev–Trinajstić information content (AvgIpc) is 2.93. The molecule has 216 valence electrons. The van der Waals surface area contributed by atoms with Crippen molar-refractivity contribution in [1.82, 2.24) is 24.7 Å². The lowest BCUT2D eigenvalue weighted by atomic mass is 9.74. The number of amides is 2. The summed E-state index contributed by atoms with van der Waals surface area (Å²) < 4.78 is 12.0. The van der Waals surface area contributed by atoms with Gasteiger partial charge in [-0.2, -0.15) is 0 Å². The molecule has 4 aliphatic rings. The molecule has 0 aromatic carbocycles. The molecule has 0 saturated carbocycles. The molecule has 0 radical (unpaired) electrons. The Morgan fingerprint density at radius 1 is 1.03 bits per heavy atom. The molecule has 0 bridgehead atoms. The Hall–Kier alpha value is -2.26. The standard InChI is InChI=1S/C30H47N5O4/c1-5-6-7-24-20-35(25-8-18-38-19-9-25)28(37)39-30(24)12-16-34(17-13-30)29(4)10-14-33(15-11-29)27(36)26-22(2)31-21-32-23(26)3/h21,24-25H,5-20H2,1-4H3/t24-/m0/s1. The van der Waals surface area contributed by atoms with Crippen LogP contribution in [-0.4, -0.2) is 99.8 Å². The summed E-state index contributed by atoms with van der Waals surface area (Å²) in [5.41, 5.74) is 1.84. The molecule has 0 aliphatic carbocycles. The quantitative estimate of drug-likeness (QED) is 0.529. The van der Waals surface area contributed by atoms with Crippen molar-refractivity contribution < 1.29 is 19.1 Å². The van der Waals surface area contributed by atoms with Crippen molar-refractivity contribution in [2.24, 2.45) is 5.92 Å². The van der Waals surface area contributed by atoms with E-state index in [1.165, 1.54) is 12.7 Å². The van der Waals surface area contributed by atoms with Crippen LogP contribution in [0.25, 0.3) is 0 Å². The van der Waals surface area contributed by atoms with Gasteiger partial charge in [-0.25, -0.2) is 14.8 Å². The van der Waals surface area contributed by atoms with Gasteiger partial charge in [-0.3, -0.25) is 9.69 Å². The predicted octanol–water partition coefficient (Wildman–Crippen LogP) is 4.36. The molecule has 5 heterocycles. The molecule has 4 saturated heterocycles. The first-order valence-electron chi connectivity index (χ1n) is 15.2. The van der Waals surface area contributed by atoms with Crippen molar-refractivity contribution in [3.63, 3.8) is 0 Å². The van der Waals surface area contributed by atoms with E-state index >= 15 is 0 Å². The number of nitrogens with zero attached hydrogens (tertiary/aromatic N) is 5. The highest BCUT2D eigenvalue weighted by molar-refractivity contribution is 5.96. The zero-order valence-electron chi connectivity index (χ0n) is 24.4. The highest BCUT2D eigenvalue weighted by atomic mass is 16.6. The molecule has 2 amide bonds. The first-order valence-corrected chi connectivity index (χ1v) is 15.2. The lowest BCUT2D eigenvalue weighted by Crippen LogP contribution is -2.64. The first kappa shape index (κ1) is 28.3. The van der Waals surface area contributed by atoms with Crippen LogP contribution in [0.2, 0.25) is 0 Å². The van der Waals surface area contributed by atoms with Gasteiger partial charge in [0.2, 0.25) is 0 Å². The molecule has 1 aromatic heterocycles. The molecule has 9 heteroatoms. The topological polar surface area (TPSA) is 88.1 Å². The molecule has 5 rings (SSSR count). The second-order valence-electron chi connectivity index (χ2n) is 12.5. The van der Waals surface area contributed by atoms with Crippen molar-refractivity contribution in [3.8, 4) is 0 Å². The van der Waals surface area contributed by atoms with Crippen LogP contribution in [0.15, 0.2) is 6.33 Å². The number of piperidine rings is 2. The molecule has 1 atom stereocenters. The maximum atomic E-state index is 13.3. The van der Waals surface area contributed by atoms with Crippen LogP contribution >= 0.6 is 0 Å². The number of aromatic nitrogens is 2. The summed E-state index contributed by atoms with van der Waals surface area (Å²) in [5, 5.41) is 0. The van der Waals surface area contributed by atoms with Crippen LogP contribution in [0.4, 0.5) is 4.79 Å². The molecular formula is C30H47N5O4. The molecule has 4 fully saturated rings. The summed E-state index contributed by atoms with van der Waals surface area (Å²) in [6.45, 7) is 14.0. The summed E-state index contributed by atoms with van der Waals surface area (Å²) in [5.74, 6) is 0.430. The van der Waals surface area contributed by atoms with E-state index in [9.17, 15) is 9.59 Å². The smallest absolute Gasteiger partial charge is 0.410 e. The Morgan fingerprint density at radius 2 is 1.67 bits per heavy atom. The van der Waals surface area contributed by atoms with Gasteiger partial charge < -0.3 is 19.3 Å². The fraction of sp³-hybridized carbons (Fsp3) is 0.800. The van der Waals surface area contributed by atoms with Crippen molar-refractivity contribution in [1.29, 1.82) is 0 Å². The van der Waals surface area contributed by atoms with Crippen LogP contribution in [-0.2, 0) is 9.47 Å². The number of aryl methyl sites for hydroxylation is 2. The van der Waals surface area contributed by atoms with Gasteiger partial charge in [0, 0.05) is 76.3 Å². The van der Waals surface area contributed by atoms with E-state index in [1.807, 2.05) is 23.6 Å². The average molecular weight is 542 g/mol. The third-order valence-corrected chi connectivity index (χ3v) is 10.2. The van der Waals surface area contributed by atoms with Crippen molar-refractivity contribution in [2.45, 2.75) is 103 Å². The monoisotopic (exact) mass is 541 g/mol. The minimum Gasteiger partial charge on any atom is -0.442 e. The lowest BCUT2D eigenvalue weighted by Gasteiger charge is -2.55. The molecular weight excluding hydrogens is 494 g/mol. The number of carbonyl (C=O) groups excluding carboxylic acids is 2. The van der Waals surface area contributed by atoms with E-state index in [2.05, 4.69) is 28.7 Å². The second-order valence-corrected chi connectivity index (χ2v) is 12.5. The third-order valence-electron chi connectivity index (χ3n) is 10.2. The predicted molar refractivity (Wildman–Crippen MR) is 149 cm³/mol. The van der Waals surface area contributed by atoms with Crippen LogP contribution in [0.1, 0.15) is 93.4 Å². The molecule has 9 nitrogen and oxygen atoms in total. The summed E-state index contributed by atoms with van der Waals surface area (Å²) in [6.07, 6.45) is 10.3.